The minimum absolute atomic E-state index is 0. The summed E-state index contributed by atoms with van der Waals surface area (Å²) in [6, 6.07) is 5.17. The van der Waals surface area contributed by atoms with Gasteiger partial charge in [0.05, 0.1) is 4.90 Å². The summed E-state index contributed by atoms with van der Waals surface area (Å²) < 4.78 is 27.6. The van der Waals surface area contributed by atoms with Gasteiger partial charge < -0.3 is 10.6 Å². The van der Waals surface area contributed by atoms with E-state index in [0.29, 0.717) is 32.1 Å². The summed E-state index contributed by atoms with van der Waals surface area (Å²) >= 11 is 0. The minimum atomic E-state index is -3.53. The van der Waals surface area contributed by atoms with Crippen LogP contribution in [-0.4, -0.2) is 44.8 Å². The summed E-state index contributed by atoms with van der Waals surface area (Å²) in [6.07, 6.45) is 3.53. The molecule has 8 heteroatoms. The van der Waals surface area contributed by atoms with Crippen LogP contribution in [0.25, 0.3) is 0 Å². The zero-order valence-corrected chi connectivity index (χ0v) is 16.1. The standard InChI is InChI=1S/C17H25N3O3S.ClH/c1-13(21)20-10-7-15-4-5-16(11-17(15)20)24(22,23)19-9-2-3-14(12-19)6-8-18;/h4-5,11,14H,2-3,6-10,12,18H2,1H3;1H. The van der Waals surface area contributed by atoms with Crippen LogP contribution in [0.15, 0.2) is 23.1 Å². The van der Waals surface area contributed by atoms with Gasteiger partial charge in [-0.15, -0.1) is 12.4 Å². The molecule has 1 aromatic rings. The molecule has 25 heavy (non-hydrogen) atoms. The van der Waals surface area contributed by atoms with Crippen molar-refractivity contribution in [3.8, 4) is 0 Å². The molecule has 3 rings (SSSR count). The molecular weight excluding hydrogens is 362 g/mol. The van der Waals surface area contributed by atoms with Gasteiger partial charge in [-0.1, -0.05) is 6.07 Å². The number of hydrogen-bond acceptors (Lipinski definition) is 4. The minimum Gasteiger partial charge on any atom is -0.330 e. The molecule has 1 atom stereocenters. The Balaban J connectivity index is 0.00000225. The zero-order valence-electron chi connectivity index (χ0n) is 14.5. The fourth-order valence-corrected chi connectivity index (χ4v) is 5.29. The lowest BCUT2D eigenvalue weighted by Gasteiger charge is -2.32. The lowest BCUT2D eigenvalue weighted by molar-refractivity contribution is -0.116. The number of fused-ring (bicyclic) bond motifs is 1. The molecule has 1 aromatic carbocycles. The topological polar surface area (TPSA) is 83.7 Å². The van der Waals surface area contributed by atoms with Crippen LogP contribution < -0.4 is 10.6 Å². The van der Waals surface area contributed by atoms with Crippen molar-refractivity contribution in [1.29, 1.82) is 0 Å². The molecule has 1 saturated heterocycles. The van der Waals surface area contributed by atoms with Crippen LogP contribution in [0.4, 0.5) is 5.69 Å². The normalized spacial score (nSPS) is 20.9. The number of carbonyl (C=O) groups is 1. The number of sulfonamides is 1. The van der Waals surface area contributed by atoms with E-state index in [1.54, 1.807) is 21.3 Å². The smallest absolute Gasteiger partial charge is 0.243 e. The van der Waals surface area contributed by atoms with Gasteiger partial charge in [-0.3, -0.25) is 4.79 Å². The van der Waals surface area contributed by atoms with Gasteiger partial charge >= 0.3 is 0 Å². The van der Waals surface area contributed by atoms with E-state index in [9.17, 15) is 13.2 Å². The summed E-state index contributed by atoms with van der Waals surface area (Å²) in [4.78, 5) is 13.7. The molecule has 2 aliphatic rings. The second-order valence-electron chi connectivity index (χ2n) is 6.66. The van der Waals surface area contributed by atoms with Gasteiger partial charge in [-0.05, 0) is 55.8 Å². The number of benzene rings is 1. The number of carbonyl (C=O) groups excluding carboxylic acids is 1. The van der Waals surface area contributed by atoms with Crippen molar-refractivity contribution in [2.24, 2.45) is 11.7 Å². The van der Waals surface area contributed by atoms with Crippen LogP contribution >= 0.6 is 12.4 Å². The van der Waals surface area contributed by atoms with E-state index in [4.69, 9.17) is 5.73 Å². The number of amides is 1. The van der Waals surface area contributed by atoms with Gasteiger partial charge in [-0.25, -0.2) is 8.42 Å². The molecule has 0 saturated carbocycles. The highest BCUT2D eigenvalue weighted by Gasteiger charge is 2.31. The fraction of sp³-hybridized carbons (Fsp3) is 0.588. The highest BCUT2D eigenvalue weighted by atomic mass is 35.5. The van der Waals surface area contributed by atoms with E-state index >= 15 is 0 Å². The van der Waals surface area contributed by atoms with Crippen molar-refractivity contribution in [2.45, 2.75) is 37.5 Å². The first-order valence-corrected chi connectivity index (χ1v) is 9.98. The average molecular weight is 388 g/mol. The molecule has 0 bridgehead atoms. The third-order valence-electron chi connectivity index (χ3n) is 5.03. The first-order chi connectivity index (χ1) is 11.4. The molecular formula is C17H26ClN3O3S. The molecule has 0 aliphatic carbocycles. The number of piperidine rings is 1. The molecule has 1 amide bonds. The third-order valence-corrected chi connectivity index (χ3v) is 6.89. The summed E-state index contributed by atoms with van der Waals surface area (Å²) in [6.45, 7) is 3.81. The van der Waals surface area contributed by atoms with Crippen LogP contribution in [0.1, 0.15) is 31.7 Å². The van der Waals surface area contributed by atoms with E-state index in [-0.39, 0.29) is 23.2 Å². The van der Waals surface area contributed by atoms with E-state index in [1.165, 1.54) is 6.92 Å². The maximum atomic E-state index is 13.0. The highest BCUT2D eigenvalue weighted by Crippen LogP contribution is 2.32. The Bertz CT molecular complexity index is 737. The van der Waals surface area contributed by atoms with Crippen LogP contribution in [0.2, 0.25) is 0 Å². The molecule has 2 heterocycles. The van der Waals surface area contributed by atoms with Gasteiger partial charge in [0.1, 0.15) is 0 Å². The molecule has 0 aromatic heterocycles. The van der Waals surface area contributed by atoms with Crippen molar-refractivity contribution in [1.82, 2.24) is 4.31 Å². The summed E-state index contributed by atoms with van der Waals surface area (Å²) in [7, 11) is -3.53. The van der Waals surface area contributed by atoms with Gasteiger partial charge in [0.25, 0.3) is 0 Å². The van der Waals surface area contributed by atoms with Crippen LogP contribution in [0, 0.1) is 5.92 Å². The lowest BCUT2D eigenvalue weighted by atomic mass is 9.96. The van der Waals surface area contributed by atoms with Crippen LogP contribution in [-0.2, 0) is 21.2 Å². The van der Waals surface area contributed by atoms with Gasteiger partial charge in [0.15, 0.2) is 0 Å². The predicted molar refractivity (Wildman–Crippen MR) is 101 cm³/mol. The molecule has 2 aliphatic heterocycles. The van der Waals surface area contributed by atoms with Crippen LogP contribution in [0.5, 0.6) is 0 Å². The number of halogens is 1. The van der Waals surface area contributed by atoms with Crippen LogP contribution in [0.3, 0.4) is 0 Å². The number of anilines is 1. The van der Waals surface area contributed by atoms with E-state index < -0.39 is 10.0 Å². The highest BCUT2D eigenvalue weighted by molar-refractivity contribution is 7.89. The molecule has 0 radical (unpaired) electrons. The number of hydrogen-bond donors (Lipinski definition) is 1. The van der Waals surface area contributed by atoms with Crippen molar-refractivity contribution in [2.75, 3.05) is 31.1 Å². The number of nitrogens with two attached hydrogens (primary N) is 1. The maximum absolute atomic E-state index is 13.0. The zero-order chi connectivity index (χ0) is 17.3. The van der Waals surface area contributed by atoms with E-state index in [2.05, 4.69) is 0 Å². The first kappa shape index (κ1) is 20.2. The van der Waals surface area contributed by atoms with Crippen molar-refractivity contribution < 1.29 is 13.2 Å². The predicted octanol–water partition coefficient (Wildman–Crippen LogP) is 1.77. The molecule has 140 valence electrons. The Morgan fingerprint density at radius 1 is 1.32 bits per heavy atom. The lowest BCUT2D eigenvalue weighted by Crippen LogP contribution is -2.40. The Labute approximate surface area is 155 Å². The van der Waals surface area contributed by atoms with Crippen molar-refractivity contribution >= 4 is 34.0 Å². The van der Waals surface area contributed by atoms with Gasteiger partial charge in [0.2, 0.25) is 15.9 Å². The molecule has 1 unspecified atom stereocenters. The summed E-state index contributed by atoms with van der Waals surface area (Å²) in [5.41, 5.74) is 7.39. The van der Waals surface area contributed by atoms with E-state index in [1.807, 2.05) is 6.07 Å². The largest absolute Gasteiger partial charge is 0.330 e. The average Bonchev–Trinajstić information content (AvgIpc) is 2.98. The van der Waals surface area contributed by atoms with Gasteiger partial charge in [0, 0.05) is 32.2 Å². The van der Waals surface area contributed by atoms with Crippen molar-refractivity contribution in [3.05, 3.63) is 23.8 Å². The second-order valence-corrected chi connectivity index (χ2v) is 8.60. The molecule has 0 spiro atoms. The summed E-state index contributed by atoms with van der Waals surface area (Å²) in [5.74, 6) is 0.283. The quantitative estimate of drug-likeness (QED) is 0.853. The maximum Gasteiger partial charge on any atom is 0.243 e. The number of nitrogens with zero attached hydrogens (tertiary/aromatic N) is 2. The van der Waals surface area contributed by atoms with Gasteiger partial charge in [-0.2, -0.15) is 4.31 Å². The Morgan fingerprint density at radius 2 is 2.08 bits per heavy atom. The molecule has 2 N–H and O–H groups in total. The molecule has 1 fully saturated rings. The third kappa shape index (κ3) is 4.00. The fourth-order valence-electron chi connectivity index (χ4n) is 3.71. The monoisotopic (exact) mass is 387 g/mol. The second kappa shape index (κ2) is 8.03. The number of rotatable bonds is 4. The summed E-state index contributed by atoms with van der Waals surface area (Å²) in [5, 5.41) is 0. The molecule has 6 nitrogen and oxygen atoms in total. The Morgan fingerprint density at radius 3 is 2.76 bits per heavy atom. The Hall–Kier alpha value is -1.15. The first-order valence-electron chi connectivity index (χ1n) is 8.54. The van der Waals surface area contributed by atoms with E-state index in [0.717, 1.165) is 36.9 Å². The van der Waals surface area contributed by atoms with Crippen molar-refractivity contribution in [3.63, 3.8) is 0 Å². The SMILES string of the molecule is CC(=O)N1CCc2ccc(S(=O)(=O)N3CCCC(CCN)C3)cc21.Cl. The Kier molecular flexibility index (Phi) is 6.48.